The molecule has 1 aromatic heterocycles. The van der Waals surface area contributed by atoms with E-state index in [4.69, 9.17) is 27.6 Å². The molecule has 0 aliphatic rings. The monoisotopic (exact) mass is 457 g/mol. The second-order valence-electron chi connectivity index (χ2n) is 4.82. The van der Waals surface area contributed by atoms with Gasteiger partial charge in [0, 0.05) is 10.2 Å². The lowest BCUT2D eigenvalue weighted by Crippen LogP contribution is -2.13. The van der Waals surface area contributed by atoms with Gasteiger partial charge in [-0.1, -0.05) is 47.1 Å². The Bertz CT molecular complexity index is 920. The number of aromatic nitrogens is 2. The molecule has 0 aliphatic carbocycles. The zero-order valence-corrected chi connectivity index (χ0v) is 16.4. The van der Waals surface area contributed by atoms with Crippen LogP contribution in [0.2, 0.25) is 10.0 Å². The summed E-state index contributed by atoms with van der Waals surface area (Å²) in [4.78, 5) is 12.0. The molecule has 0 saturated heterocycles. The minimum Gasteiger partial charge on any atom is -0.411 e. The molecule has 0 unspecified atom stereocenters. The molecule has 0 atom stereocenters. The molecule has 0 fully saturated rings. The standard InChI is InChI=1S/C16H10BrCl2N3O2S/c17-11-7-9(5-6-13(11)19)20-14(23)8-25-16-22-21-15(24-16)10-3-1-2-4-12(10)18/h1-7H,8H2,(H,20,23). The van der Waals surface area contributed by atoms with Crippen molar-refractivity contribution in [2.75, 3.05) is 11.1 Å². The van der Waals surface area contributed by atoms with Crippen molar-refractivity contribution >= 4 is 62.5 Å². The van der Waals surface area contributed by atoms with Gasteiger partial charge in [-0.15, -0.1) is 10.2 Å². The van der Waals surface area contributed by atoms with Gasteiger partial charge in [0.15, 0.2) is 0 Å². The number of thioether (sulfide) groups is 1. The molecular weight excluding hydrogens is 449 g/mol. The van der Waals surface area contributed by atoms with E-state index < -0.39 is 0 Å². The number of rotatable bonds is 5. The van der Waals surface area contributed by atoms with Crippen LogP contribution in [0.4, 0.5) is 5.69 Å². The first-order valence-electron chi connectivity index (χ1n) is 6.99. The summed E-state index contributed by atoms with van der Waals surface area (Å²) < 4.78 is 6.25. The van der Waals surface area contributed by atoms with Crippen LogP contribution in [0.15, 0.2) is 56.6 Å². The van der Waals surface area contributed by atoms with E-state index in [0.29, 0.717) is 36.9 Å². The fourth-order valence-corrected chi connectivity index (χ4v) is 3.19. The highest BCUT2D eigenvalue weighted by atomic mass is 79.9. The van der Waals surface area contributed by atoms with E-state index in [1.807, 2.05) is 12.1 Å². The molecule has 0 bridgehead atoms. The summed E-state index contributed by atoms with van der Waals surface area (Å²) in [5.41, 5.74) is 1.29. The lowest BCUT2D eigenvalue weighted by molar-refractivity contribution is -0.113. The average Bonchev–Trinajstić information content (AvgIpc) is 3.05. The predicted molar refractivity (Wildman–Crippen MR) is 103 cm³/mol. The summed E-state index contributed by atoms with van der Waals surface area (Å²) in [6, 6.07) is 12.3. The zero-order valence-electron chi connectivity index (χ0n) is 12.5. The molecule has 0 saturated carbocycles. The third-order valence-electron chi connectivity index (χ3n) is 3.04. The largest absolute Gasteiger partial charge is 0.411 e. The van der Waals surface area contributed by atoms with Crippen LogP contribution in [-0.4, -0.2) is 21.9 Å². The van der Waals surface area contributed by atoms with Gasteiger partial charge in [-0.3, -0.25) is 4.79 Å². The maximum atomic E-state index is 12.0. The average molecular weight is 459 g/mol. The number of nitrogens with zero attached hydrogens (tertiary/aromatic N) is 2. The Labute approximate surface area is 166 Å². The van der Waals surface area contributed by atoms with Crippen molar-refractivity contribution in [3.8, 4) is 11.5 Å². The molecule has 25 heavy (non-hydrogen) atoms. The van der Waals surface area contributed by atoms with E-state index in [2.05, 4.69) is 31.4 Å². The Morgan fingerprint density at radius 1 is 1.16 bits per heavy atom. The van der Waals surface area contributed by atoms with Crippen LogP contribution >= 0.6 is 50.9 Å². The van der Waals surface area contributed by atoms with E-state index in [1.54, 1.807) is 30.3 Å². The molecule has 9 heteroatoms. The topological polar surface area (TPSA) is 68.0 Å². The maximum absolute atomic E-state index is 12.0. The van der Waals surface area contributed by atoms with Gasteiger partial charge in [0.1, 0.15) is 0 Å². The van der Waals surface area contributed by atoms with Crippen LogP contribution in [0.5, 0.6) is 0 Å². The second-order valence-corrected chi connectivity index (χ2v) is 7.41. The fourth-order valence-electron chi connectivity index (χ4n) is 1.91. The molecule has 3 rings (SSSR count). The lowest BCUT2D eigenvalue weighted by Gasteiger charge is -2.05. The van der Waals surface area contributed by atoms with Crippen molar-refractivity contribution in [2.45, 2.75) is 5.22 Å². The van der Waals surface area contributed by atoms with Crippen molar-refractivity contribution in [1.29, 1.82) is 0 Å². The predicted octanol–water partition coefficient (Wildman–Crippen LogP) is 5.54. The number of nitrogens with one attached hydrogen (secondary N) is 1. The molecule has 0 spiro atoms. The number of carbonyl (C=O) groups is 1. The van der Waals surface area contributed by atoms with E-state index in [-0.39, 0.29) is 11.7 Å². The number of halogens is 3. The summed E-state index contributed by atoms with van der Waals surface area (Å²) >= 11 is 16.5. The Hall–Kier alpha value is -1.54. The second kappa shape index (κ2) is 8.23. The highest BCUT2D eigenvalue weighted by Crippen LogP contribution is 2.29. The van der Waals surface area contributed by atoms with Crippen LogP contribution in [0.3, 0.4) is 0 Å². The van der Waals surface area contributed by atoms with Crippen LogP contribution in [0, 0.1) is 0 Å². The van der Waals surface area contributed by atoms with E-state index >= 15 is 0 Å². The molecule has 1 N–H and O–H groups in total. The first-order valence-corrected chi connectivity index (χ1v) is 9.52. The van der Waals surface area contributed by atoms with Crippen LogP contribution in [0.25, 0.3) is 11.5 Å². The first-order chi connectivity index (χ1) is 12.0. The lowest BCUT2D eigenvalue weighted by atomic mass is 10.2. The van der Waals surface area contributed by atoms with E-state index in [9.17, 15) is 4.79 Å². The SMILES string of the molecule is O=C(CSc1nnc(-c2ccccc2Cl)o1)Nc1ccc(Cl)c(Br)c1. The van der Waals surface area contributed by atoms with Crippen molar-refractivity contribution in [3.05, 3.63) is 57.0 Å². The van der Waals surface area contributed by atoms with Crippen LogP contribution in [-0.2, 0) is 4.79 Å². The van der Waals surface area contributed by atoms with Crippen molar-refractivity contribution in [2.24, 2.45) is 0 Å². The Morgan fingerprint density at radius 2 is 1.96 bits per heavy atom. The van der Waals surface area contributed by atoms with Crippen molar-refractivity contribution < 1.29 is 9.21 Å². The molecule has 1 heterocycles. The minimum absolute atomic E-state index is 0.129. The summed E-state index contributed by atoms with van der Waals surface area (Å²) in [6.07, 6.45) is 0. The van der Waals surface area contributed by atoms with Gasteiger partial charge < -0.3 is 9.73 Å². The van der Waals surface area contributed by atoms with Gasteiger partial charge >= 0.3 is 0 Å². The Balaban J connectivity index is 1.59. The van der Waals surface area contributed by atoms with Crippen LogP contribution < -0.4 is 5.32 Å². The van der Waals surface area contributed by atoms with Gasteiger partial charge in [0.05, 0.1) is 21.4 Å². The van der Waals surface area contributed by atoms with E-state index in [1.165, 1.54) is 0 Å². The summed E-state index contributed by atoms with van der Waals surface area (Å²) in [5.74, 6) is 0.247. The van der Waals surface area contributed by atoms with Gasteiger partial charge in [-0.2, -0.15) is 0 Å². The number of carbonyl (C=O) groups excluding carboxylic acids is 1. The number of hydrogen-bond acceptors (Lipinski definition) is 5. The van der Waals surface area contributed by atoms with Gasteiger partial charge in [-0.25, -0.2) is 0 Å². The number of amides is 1. The number of hydrogen-bond donors (Lipinski definition) is 1. The third kappa shape index (κ3) is 4.76. The molecule has 5 nitrogen and oxygen atoms in total. The molecular formula is C16H10BrCl2N3O2S. The van der Waals surface area contributed by atoms with Crippen molar-refractivity contribution in [1.82, 2.24) is 10.2 Å². The van der Waals surface area contributed by atoms with Gasteiger partial charge in [0.2, 0.25) is 11.8 Å². The summed E-state index contributed by atoms with van der Waals surface area (Å²) in [5, 5.41) is 12.0. The first kappa shape index (κ1) is 18.3. The molecule has 128 valence electrons. The minimum atomic E-state index is -0.197. The highest BCUT2D eigenvalue weighted by Gasteiger charge is 2.13. The quantitative estimate of drug-likeness (QED) is 0.508. The van der Waals surface area contributed by atoms with Gasteiger partial charge in [-0.05, 0) is 46.3 Å². The zero-order chi connectivity index (χ0) is 17.8. The highest BCUT2D eigenvalue weighted by molar-refractivity contribution is 9.10. The third-order valence-corrected chi connectivity index (χ3v) is 5.40. The molecule has 3 aromatic rings. The van der Waals surface area contributed by atoms with E-state index in [0.717, 1.165) is 11.8 Å². The summed E-state index contributed by atoms with van der Waals surface area (Å²) in [7, 11) is 0. The Kier molecular flexibility index (Phi) is 6.01. The molecule has 0 aliphatic heterocycles. The maximum Gasteiger partial charge on any atom is 0.277 e. The molecule has 2 aromatic carbocycles. The normalized spacial score (nSPS) is 10.7. The molecule has 0 radical (unpaired) electrons. The summed E-state index contributed by atoms with van der Waals surface area (Å²) in [6.45, 7) is 0. The van der Waals surface area contributed by atoms with Crippen LogP contribution in [0.1, 0.15) is 0 Å². The Morgan fingerprint density at radius 3 is 2.72 bits per heavy atom. The van der Waals surface area contributed by atoms with Crippen molar-refractivity contribution in [3.63, 3.8) is 0 Å². The number of anilines is 1. The smallest absolute Gasteiger partial charge is 0.277 e. The van der Waals surface area contributed by atoms with Gasteiger partial charge in [0.25, 0.3) is 5.22 Å². The molecule has 1 amide bonds. The number of benzene rings is 2. The fraction of sp³-hybridized carbons (Fsp3) is 0.0625.